The molecule has 1 aliphatic rings. The molecule has 22 heavy (non-hydrogen) atoms. The fraction of sp³-hybridized carbons (Fsp3) is 0.500. The fourth-order valence-corrected chi connectivity index (χ4v) is 2.73. The van der Waals surface area contributed by atoms with E-state index in [-0.39, 0.29) is 30.2 Å². The lowest BCUT2D eigenvalue weighted by molar-refractivity contribution is -0.130. The van der Waals surface area contributed by atoms with Crippen LogP contribution < -0.4 is 5.32 Å². The molecule has 1 aromatic rings. The van der Waals surface area contributed by atoms with Crippen molar-refractivity contribution in [2.45, 2.75) is 25.9 Å². The molecule has 0 aliphatic carbocycles. The monoisotopic (exact) mass is 324 g/mol. The van der Waals surface area contributed by atoms with Crippen LogP contribution >= 0.6 is 11.6 Å². The highest BCUT2D eigenvalue weighted by atomic mass is 35.5. The Bertz CT molecular complexity index is 533. The molecule has 5 nitrogen and oxygen atoms in total. The van der Waals surface area contributed by atoms with Gasteiger partial charge in [-0.2, -0.15) is 0 Å². The second-order valence-electron chi connectivity index (χ2n) is 5.60. The van der Waals surface area contributed by atoms with Crippen molar-refractivity contribution in [1.82, 2.24) is 10.2 Å². The molecule has 1 fully saturated rings. The number of hydrogen-bond acceptors (Lipinski definition) is 3. The van der Waals surface area contributed by atoms with Crippen LogP contribution in [0.5, 0.6) is 0 Å². The van der Waals surface area contributed by atoms with E-state index in [4.69, 9.17) is 16.3 Å². The summed E-state index contributed by atoms with van der Waals surface area (Å²) in [6, 6.07) is 7.31. The molecule has 2 amide bonds. The van der Waals surface area contributed by atoms with Crippen LogP contribution in [0, 0.1) is 5.92 Å². The van der Waals surface area contributed by atoms with Gasteiger partial charge in [-0.15, -0.1) is 0 Å². The largest absolute Gasteiger partial charge is 0.383 e. The molecule has 2 atom stereocenters. The minimum Gasteiger partial charge on any atom is -0.383 e. The number of ether oxygens (including phenoxy) is 1. The summed E-state index contributed by atoms with van der Waals surface area (Å²) in [6.45, 7) is 3.30. The third-order valence-corrected chi connectivity index (χ3v) is 4.10. The van der Waals surface area contributed by atoms with Gasteiger partial charge in [0.25, 0.3) is 0 Å². The normalized spacial score (nSPS) is 19.3. The molecule has 0 bridgehead atoms. The zero-order chi connectivity index (χ0) is 16.1. The van der Waals surface area contributed by atoms with Crippen LogP contribution in [0.15, 0.2) is 24.3 Å². The Balaban J connectivity index is 1.85. The van der Waals surface area contributed by atoms with Crippen LogP contribution in [-0.2, 0) is 20.9 Å². The number of carbonyl (C=O) groups is 2. The Labute approximate surface area is 135 Å². The summed E-state index contributed by atoms with van der Waals surface area (Å²) in [6.07, 6.45) is 0.264. The first-order chi connectivity index (χ1) is 10.5. The molecule has 0 aromatic heterocycles. The number of rotatable bonds is 6. The van der Waals surface area contributed by atoms with Crippen LogP contribution in [0.1, 0.15) is 18.9 Å². The van der Waals surface area contributed by atoms with E-state index in [9.17, 15) is 9.59 Å². The van der Waals surface area contributed by atoms with Crippen molar-refractivity contribution in [3.05, 3.63) is 34.9 Å². The quantitative estimate of drug-likeness (QED) is 0.868. The highest BCUT2D eigenvalue weighted by Crippen LogP contribution is 2.20. The van der Waals surface area contributed by atoms with Gasteiger partial charge in [-0.3, -0.25) is 9.59 Å². The maximum absolute atomic E-state index is 12.2. The van der Waals surface area contributed by atoms with E-state index >= 15 is 0 Å². The van der Waals surface area contributed by atoms with Crippen LogP contribution in [0.4, 0.5) is 0 Å². The molecule has 6 heteroatoms. The first-order valence-electron chi connectivity index (χ1n) is 7.31. The van der Waals surface area contributed by atoms with E-state index < -0.39 is 0 Å². The molecular formula is C16H21ClN2O3. The van der Waals surface area contributed by atoms with Gasteiger partial charge in [0.05, 0.1) is 18.6 Å². The molecule has 2 rings (SSSR count). The van der Waals surface area contributed by atoms with Crippen molar-refractivity contribution in [3.8, 4) is 0 Å². The predicted octanol–water partition coefficient (Wildman–Crippen LogP) is 1.84. The maximum atomic E-state index is 12.2. The summed E-state index contributed by atoms with van der Waals surface area (Å²) >= 11 is 5.82. The van der Waals surface area contributed by atoms with Gasteiger partial charge < -0.3 is 15.0 Å². The number of amides is 2. The molecule has 1 heterocycles. The van der Waals surface area contributed by atoms with Gasteiger partial charge in [0.2, 0.25) is 11.8 Å². The lowest BCUT2D eigenvalue weighted by Crippen LogP contribution is -2.38. The molecule has 120 valence electrons. The summed E-state index contributed by atoms with van der Waals surface area (Å²) in [5.41, 5.74) is 0.978. The number of hydrogen-bond donors (Lipinski definition) is 1. The van der Waals surface area contributed by atoms with E-state index in [0.717, 1.165) is 5.56 Å². The summed E-state index contributed by atoms with van der Waals surface area (Å²) in [5, 5.41) is 3.55. The maximum Gasteiger partial charge on any atom is 0.225 e. The van der Waals surface area contributed by atoms with Gasteiger partial charge in [0.15, 0.2) is 0 Å². The number of nitrogens with zero attached hydrogens (tertiary/aromatic N) is 1. The first-order valence-corrected chi connectivity index (χ1v) is 7.69. The minimum absolute atomic E-state index is 0.00781. The number of carbonyl (C=O) groups excluding carboxylic acids is 2. The van der Waals surface area contributed by atoms with Crippen molar-refractivity contribution in [2.75, 3.05) is 20.3 Å². The van der Waals surface area contributed by atoms with Crippen LogP contribution in [0.25, 0.3) is 0 Å². The third kappa shape index (κ3) is 4.21. The minimum atomic E-state index is -0.292. The second-order valence-corrected chi connectivity index (χ2v) is 6.03. The Hall–Kier alpha value is -1.59. The highest BCUT2D eigenvalue weighted by Gasteiger charge is 2.36. The number of benzene rings is 1. The van der Waals surface area contributed by atoms with Gasteiger partial charge >= 0.3 is 0 Å². The van der Waals surface area contributed by atoms with E-state index in [1.807, 2.05) is 19.1 Å². The smallest absolute Gasteiger partial charge is 0.225 e. The SMILES string of the molecule is COC[C@H](C)N1C[C@@H](C(=O)NCc2ccc(Cl)cc2)CC1=O. The highest BCUT2D eigenvalue weighted by molar-refractivity contribution is 6.30. The number of halogens is 1. The fourth-order valence-electron chi connectivity index (χ4n) is 2.60. The van der Waals surface area contributed by atoms with Gasteiger partial charge in [-0.25, -0.2) is 0 Å². The second kappa shape index (κ2) is 7.61. The molecule has 1 saturated heterocycles. The van der Waals surface area contributed by atoms with E-state index in [1.54, 1.807) is 24.1 Å². The topological polar surface area (TPSA) is 58.6 Å². The van der Waals surface area contributed by atoms with Crippen LogP contribution in [0.3, 0.4) is 0 Å². The zero-order valence-electron chi connectivity index (χ0n) is 12.8. The van der Waals surface area contributed by atoms with Gasteiger partial charge in [-0.1, -0.05) is 23.7 Å². The van der Waals surface area contributed by atoms with E-state index in [0.29, 0.717) is 24.7 Å². The molecule has 1 aromatic carbocycles. The molecule has 0 radical (unpaired) electrons. The molecule has 0 unspecified atom stereocenters. The van der Waals surface area contributed by atoms with Crippen molar-refractivity contribution >= 4 is 23.4 Å². The average Bonchev–Trinajstić information content (AvgIpc) is 2.89. The lowest BCUT2D eigenvalue weighted by Gasteiger charge is -2.23. The summed E-state index contributed by atoms with van der Waals surface area (Å²) in [4.78, 5) is 25.9. The van der Waals surface area contributed by atoms with Crippen LogP contribution in [0.2, 0.25) is 5.02 Å². The van der Waals surface area contributed by atoms with Crippen molar-refractivity contribution in [3.63, 3.8) is 0 Å². The Morgan fingerprint density at radius 1 is 1.45 bits per heavy atom. The predicted molar refractivity (Wildman–Crippen MR) is 84.5 cm³/mol. The number of likely N-dealkylation sites (tertiary alicyclic amines) is 1. The summed E-state index contributed by atoms with van der Waals surface area (Å²) in [7, 11) is 1.60. The van der Waals surface area contributed by atoms with E-state index in [1.165, 1.54) is 0 Å². The lowest BCUT2D eigenvalue weighted by atomic mass is 10.1. The zero-order valence-corrected chi connectivity index (χ0v) is 13.6. The van der Waals surface area contributed by atoms with Gasteiger partial charge in [0, 0.05) is 31.6 Å². The molecule has 1 N–H and O–H groups in total. The average molecular weight is 325 g/mol. The first kappa shape index (κ1) is 16.8. The number of nitrogens with one attached hydrogen (secondary N) is 1. The Morgan fingerprint density at radius 2 is 2.14 bits per heavy atom. The van der Waals surface area contributed by atoms with Gasteiger partial charge in [-0.05, 0) is 24.6 Å². The van der Waals surface area contributed by atoms with Crippen molar-refractivity contribution in [2.24, 2.45) is 5.92 Å². The van der Waals surface area contributed by atoms with Crippen LogP contribution in [-0.4, -0.2) is 43.0 Å². The summed E-state index contributed by atoms with van der Waals surface area (Å²) < 4.78 is 5.07. The molecule has 0 spiro atoms. The molecule has 0 saturated carbocycles. The van der Waals surface area contributed by atoms with E-state index in [2.05, 4.69) is 5.32 Å². The third-order valence-electron chi connectivity index (χ3n) is 3.85. The summed E-state index contributed by atoms with van der Waals surface area (Å²) in [5.74, 6) is -0.370. The standard InChI is InChI=1S/C16H21ClN2O3/c1-11(10-22-2)19-9-13(7-15(19)20)16(21)18-8-12-3-5-14(17)6-4-12/h3-6,11,13H,7-10H2,1-2H3,(H,18,21)/t11-,13-/m0/s1. The Kier molecular flexibility index (Phi) is 5.80. The molecule has 1 aliphatic heterocycles. The van der Waals surface area contributed by atoms with Crippen molar-refractivity contribution in [1.29, 1.82) is 0 Å². The number of methoxy groups -OCH3 is 1. The molecular weight excluding hydrogens is 304 g/mol. The van der Waals surface area contributed by atoms with Crippen molar-refractivity contribution < 1.29 is 14.3 Å². The Morgan fingerprint density at radius 3 is 2.77 bits per heavy atom. The van der Waals surface area contributed by atoms with Gasteiger partial charge in [0.1, 0.15) is 0 Å².